The molecule has 1 aromatic carbocycles. The van der Waals surface area contributed by atoms with Crippen molar-refractivity contribution in [3.63, 3.8) is 0 Å². The molecule has 3 aromatic rings. The van der Waals surface area contributed by atoms with Gasteiger partial charge in [0, 0.05) is 58.0 Å². The molecule has 2 aliphatic rings. The van der Waals surface area contributed by atoms with Crippen LogP contribution in [-0.2, 0) is 16.5 Å². The van der Waals surface area contributed by atoms with Gasteiger partial charge >= 0.3 is 0 Å². The molecule has 206 valence electrons. The van der Waals surface area contributed by atoms with Crippen LogP contribution in [0.4, 0.5) is 10.1 Å². The van der Waals surface area contributed by atoms with Crippen LogP contribution in [0.1, 0.15) is 76.5 Å². The molecule has 4 heterocycles. The first-order chi connectivity index (χ1) is 18.2. The van der Waals surface area contributed by atoms with Crippen molar-refractivity contribution in [2.24, 2.45) is 7.05 Å². The number of methoxy groups -OCH3 is 1. The van der Waals surface area contributed by atoms with E-state index in [1.165, 1.54) is 6.07 Å². The van der Waals surface area contributed by atoms with Gasteiger partial charge in [0.1, 0.15) is 17.6 Å². The number of ether oxygens (including phenoxy) is 2. The van der Waals surface area contributed by atoms with E-state index in [2.05, 4.69) is 30.6 Å². The number of benzene rings is 1. The Morgan fingerprint density at radius 1 is 1.11 bits per heavy atom. The zero-order chi connectivity index (χ0) is 27.1. The minimum Gasteiger partial charge on any atom is -0.377 e. The molecule has 0 amide bonds. The minimum absolute atomic E-state index is 0.0447. The molecule has 0 radical (unpaired) electrons. The summed E-state index contributed by atoms with van der Waals surface area (Å²) in [4.78, 5) is 17.8. The van der Waals surface area contributed by atoms with Crippen molar-refractivity contribution in [2.75, 3.05) is 31.7 Å². The molecule has 5 rings (SSSR count). The van der Waals surface area contributed by atoms with E-state index < -0.39 is 0 Å². The highest BCUT2D eigenvalue weighted by Gasteiger charge is 2.35. The van der Waals surface area contributed by atoms with Gasteiger partial charge < -0.3 is 18.9 Å². The predicted molar refractivity (Wildman–Crippen MR) is 147 cm³/mol. The van der Waals surface area contributed by atoms with E-state index in [1.807, 2.05) is 23.9 Å². The quantitative estimate of drug-likeness (QED) is 0.454. The highest BCUT2D eigenvalue weighted by molar-refractivity contribution is 5.88. The number of pyridine rings is 1. The third kappa shape index (κ3) is 4.87. The highest BCUT2D eigenvalue weighted by atomic mass is 19.1. The van der Waals surface area contributed by atoms with Gasteiger partial charge in [0.2, 0.25) is 0 Å². The molecule has 0 bridgehead atoms. The third-order valence-corrected chi connectivity index (χ3v) is 8.49. The van der Waals surface area contributed by atoms with E-state index in [-0.39, 0.29) is 41.8 Å². The fourth-order valence-electron chi connectivity index (χ4n) is 6.12. The number of anilines is 1. The number of hydrogen-bond acceptors (Lipinski definition) is 6. The zero-order valence-electron chi connectivity index (χ0n) is 23.4. The lowest BCUT2D eigenvalue weighted by atomic mass is 9.94. The van der Waals surface area contributed by atoms with Gasteiger partial charge in [0.25, 0.3) is 5.56 Å². The first-order valence-electron chi connectivity index (χ1n) is 13.7. The van der Waals surface area contributed by atoms with E-state index in [9.17, 15) is 9.18 Å². The van der Waals surface area contributed by atoms with Crippen LogP contribution < -0.4 is 10.5 Å². The van der Waals surface area contributed by atoms with Crippen molar-refractivity contribution in [2.45, 2.75) is 77.4 Å². The molecule has 8 nitrogen and oxygen atoms in total. The number of hydrogen-bond donors (Lipinski definition) is 0. The standard InChI is InChI=1S/C29H40FN5O3/c1-18-16-34(19(2)15-33(18)20(3)23-11-10-22(30)13-24(23)21(4)37-6)25-14-27(36)32(5)26-17-35(31-29(25)26)28-9-7-8-12-38-28/h10-11,13-14,17-21,28H,7-9,12,15-16H2,1-6H3/t18-,19+,20?,21?,28?/m1/s1. The topological polar surface area (TPSA) is 64.8 Å². The van der Waals surface area contributed by atoms with Gasteiger partial charge in [-0.3, -0.25) is 9.69 Å². The molecule has 5 atom stereocenters. The molecule has 38 heavy (non-hydrogen) atoms. The average Bonchev–Trinajstić information content (AvgIpc) is 3.37. The number of aromatic nitrogens is 3. The molecule has 0 saturated carbocycles. The molecular formula is C29H40FN5O3. The van der Waals surface area contributed by atoms with Gasteiger partial charge in [0.05, 0.1) is 23.5 Å². The molecule has 2 saturated heterocycles. The number of nitrogens with zero attached hydrogens (tertiary/aromatic N) is 5. The summed E-state index contributed by atoms with van der Waals surface area (Å²) in [6.07, 6.45) is 4.77. The van der Waals surface area contributed by atoms with Crippen LogP contribution in [0.5, 0.6) is 0 Å². The van der Waals surface area contributed by atoms with Crippen molar-refractivity contribution in [1.82, 2.24) is 19.2 Å². The highest BCUT2D eigenvalue weighted by Crippen LogP contribution is 2.36. The molecule has 3 unspecified atom stereocenters. The average molecular weight is 526 g/mol. The summed E-state index contributed by atoms with van der Waals surface area (Å²) < 4.78 is 29.2. The summed E-state index contributed by atoms with van der Waals surface area (Å²) >= 11 is 0. The van der Waals surface area contributed by atoms with Crippen molar-refractivity contribution in [3.8, 4) is 0 Å². The maximum atomic E-state index is 14.1. The van der Waals surface area contributed by atoms with Crippen LogP contribution in [0.15, 0.2) is 35.3 Å². The molecule has 2 fully saturated rings. The summed E-state index contributed by atoms with van der Waals surface area (Å²) in [5, 5.41) is 4.95. The molecule has 9 heteroatoms. The van der Waals surface area contributed by atoms with E-state index in [0.29, 0.717) is 0 Å². The van der Waals surface area contributed by atoms with E-state index in [4.69, 9.17) is 14.6 Å². The minimum atomic E-state index is -0.251. The Kier molecular flexibility index (Phi) is 7.62. The fourth-order valence-corrected chi connectivity index (χ4v) is 6.12. The summed E-state index contributed by atoms with van der Waals surface area (Å²) in [5.74, 6) is -0.251. The van der Waals surface area contributed by atoms with Crippen molar-refractivity contribution < 1.29 is 13.9 Å². The SMILES string of the molecule is COC(C)c1cc(F)ccc1C(C)N1C[C@H](C)N(c2cc(=O)n(C)c3cn(C4CCCCO4)nc23)C[C@H]1C. The lowest BCUT2D eigenvalue weighted by Crippen LogP contribution is -2.57. The zero-order valence-corrected chi connectivity index (χ0v) is 23.4. The monoisotopic (exact) mass is 525 g/mol. The second-order valence-corrected chi connectivity index (χ2v) is 11.0. The number of piperazine rings is 1. The molecule has 0 N–H and O–H groups in total. The Morgan fingerprint density at radius 2 is 1.89 bits per heavy atom. The molecule has 2 aliphatic heterocycles. The lowest BCUT2D eigenvalue weighted by Gasteiger charge is -2.48. The van der Waals surface area contributed by atoms with E-state index in [0.717, 1.165) is 66.8 Å². The van der Waals surface area contributed by atoms with Gasteiger partial charge in [-0.05, 0) is 70.2 Å². The number of aryl methyl sites for hydroxylation is 1. The van der Waals surface area contributed by atoms with Crippen LogP contribution >= 0.6 is 0 Å². The fraction of sp³-hybridized carbons (Fsp3) is 0.586. The third-order valence-electron chi connectivity index (χ3n) is 8.49. The maximum Gasteiger partial charge on any atom is 0.252 e. The Morgan fingerprint density at radius 3 is 2.61 bits per heavy atom. The first kappa shape index (κ1) is 26.8. The molecule has 0 spiro atoms. The smallest absolute Gasteiger partial charge is 0.252 e. The Balaban J connectivity index is 1.45. The number of fused-ring (bicyclic) bond motifs is 1. The molecular weight excluding hydrogens is 485 g/mol. The van der Waals surface area contributed by atoms with E-state index in [1.54, 1.807) is 30.9 Å². The number of rotatable bonds is 6. The van der Waals surface area contributed by atoms with Gasteiger partial charge in [-0.15, -0.1) is 0 Å². The predicted octanol–water partition coefficient (Wildman–Crippen LogP) is 4.94. The lowest BCUT2D eigenvalue weighted by molar-refractivity contribution is -0.0390. The summed E-state index contributed by atoms with van der Waals surface area (Å²) in [7, 11) is 3.45. The summed E-state index contributed by atoms with van der Waals surface area (Å²) in [6.45, 7) is 10.8. The van der Waals surface area contributed by atoms with Crippen LogP contribution in [0, 0.1) is 5.82 Å². The van der Waals surface area contributed by atoms with Crippen LogP contribution in [0.25, 0.3) is 11.0 Å². The molecule has 2 aromatic heterocycles. The van der Waals surface area contributed by atoms with Gasteiger partial charge in [0.15, 0.2) is 0 Å². The first-order valence-corrected chi connectivity index (χ1v) is 13.7. The largest absolute Gasteiger partial charge is 0.377 e. The second kappa shape index (κ2) is 10.8. The van der Waals surface area contributed by atoms with Crippen molar-refractivity contribution in [1.29, 1.82) is 0 Å². The van der Waals surface area contributed by atoms with Crippen LogP contribution in [0.3, 0.4) is 0 Å². The van der Waals surface area contributed by atoms with Crippen LogP contribution in [0.2, 0.25) is 0 Å². The summed E-state index contributed by atoms with van der Waals surface area (Å²) in [5.41, 5.74) is 4.44. The van der Waals surface area contributed by atoms with Crippen molar-refractivity contribution >= 4 is 16.7 Å². The Labute approximate surface area is 223 Å². The number of halogens is 1. The maximum absolute atomic E-state index is 14.1. The normalized spacial score (nSPS) is 24.6. The molecule has 0 aliphatic carbocycles. The summed E-state index contributed by atoms with van der Waals surface area (Å²) in [6, 6.07) is 7.15. The van der Waals surface area contributed by atoms with Crippen LogP contribution in [-0.4, -0.2) is 58.1 Å². The van der Waals surface area contributed by atoms with E-state index >= 15 is 0 Å². The van der Waals surface area contributed by atoms with Crippen molar-refractivity contribution in [3.05, 3.63) is 57.8 Å². The van der Waals surface area contributed by atoms with Gasteiger partial charge in [-0.25, -0.2) is 9.07 Å². The van der Waals surface area contributed by atoms with Gasteiger partial charge in [-0.2, -0.15) is 5.10 Å². The van der Waals surface area contributed by atoms with Gasteiger partial charge in [-0.1, -0.05) is 6.07 Å². The second-order valence-electron chi connectivity index (χ2n) is 11.0. The Bertz CT molecular complexity index is 1350. The Hall–Kier alpha value is -2.75.